The van der Waals surface area contributed by atoms with Gasteiger partial charge in [0.25, 0.3) is 5.79 Å². The van der Waals surface area contributed by atoms with E-state index in [1.54, 1.807) is 55.6 Å². The maximum absolute atomic E-state index is 12.8. The molecule has 0 spiro atoms. The minimum atomic E-state index is -2.02. The maximum Gasteiger partial charge on any atom is 0.334 e. The molecule has 1 unspecified atom stereocenters. The molecule has 0 aromatic heterocycles. The lowest BCUT2D eigenvalue weighted by Crippen LogP contribution is -2.58. The average molecular weight is 496 g/mol. The zero-order valence-electron chi connectivity index (χ0n) is 21.8. The van der Waals surface area contributed by atoms with Gasteiger partial charge in [-0.3, -0.25) is 0 Å². The fraction of sp³-hybridized carbons (Fsp3) is 0.448. The Kier molecular flexibility index (Phi) is 8.93. The summed E-state index contributed by atoms with van der Waals surface area (Å²) in [6, 6.07) is 15.6. The number of benzene rings is 2. The smallest absolute Gasteiger partial charge is 0.334 e. The number of ether oxygens (including phenoxy) is 3. The molecule has 1 aliphatic rings. The summed E-state index contributed by atoms with van der Waals surface area (Å²) in [6.07, 6.45) is 2.12. The molecule has 3 rings (SSSR count). The molecule has 2 aromatic carbocycles. The predicted molar refractivity (Wildman–Crippen MR) is 137 cm³/mol. The average Bonchev–Trinajstić information content (AvgIpc) is 3.00. The van der Waals surface area contributed by atoms with Gasteiger partial charge in [0.2, 0.25) is 0 Å². The molecule has 0 amide bonds. The topological polar surface area (TPSA) is 85.3 Å². The third-order valence-corrected chi connectivity index (χ3v) is 6.14. The van der Waals surface area contributed by atoms with Crippen LogP contribution in [-0.4, -0.2) is 54.5 Å². The number of aliphatic hydroxyl groups is 1. The summed E-state index contributed by atoms with van der Waals surface area (Å²) >= 11 is 0. The van der Waals surface area contributed by atoms with Crippen molar-refractivity contribution >= 4 is 11.9 Å². The summed E-state index contributed by atoms with van der Waals surface area (Å²) in [5.74, 6) is -2.15. The van der Waals surface area contributed by atoms with E-state index in [0.717, 1.165) is 25.2 Å². The highest BCUT2D eigenvalue weighted by atomic mass is 16.7. The summed E-state index contributed by atoms with van der Waals surface area (Å²) in [5, 5.41) is 12.6. The van der Waals surface area contributed by atoms with Gasteiger partial charge in [0.15, 0.2) is 5.60 Å². The van der Waals surface area contributed by atoms with E-state index in [-0.39, 0.29) is 6.42 Å². The molecule has 0 bridgehead atoms. The molecule has 194 valence electrons. The molecular weight excluding hydrogens is 458 g/mol. The van der Waals surface area contributed by atoms with Gasteiger partial charge in [-0.05, 0) is 35.1 Å². The fourth-order valence-electron chi connectivity index (χ4n) is 4.69. The summed E-state index contributed by atoms with van der Waals surface area (Å²) in [7, 11) is 1.55. The predicted octanol–water partition coefficient (Wildman–Crippen LogP) is 4.29. The normalized spacial score (nSPS) is 17.0. The van der Waals surface area contributed by atoms with Crippen LogP contribution in [0.4, 0.5) is 0 Å². The summed E-state index contributed by atoms with van der Waals surface area (Å²) < 4.78 is 17.1. The van der Waals surface area contributed by atoms with Crippen LogP contribution in [0.1, 0.15) is 45.2 Å². The lowest BCUT2D eigenvalue weighted by molar-refractivity contribution is -0.285. The Morgan fingerprint density at radius 3 is 1.83 bits per heavy atom. The number of hydrogen-bond donors (Lipinski definition) is 1. The summed E-state index contributed by atoms with van der Waals surface area (Å²) in [5.41, 5.74) is -1.17. The highest BCUT2D eigenvalue weighted by Gasteiger charge is 2.59. The van der Waals surface area contributed by atoms with Crippen molar-refractivity contribution in [2.45, 2.75) is 45.5 Å². The van der Waals surface area contributed by atoms with Crippen molar-refractivity contribution < 1.29 is 28.9 Å². The van der Waals surface area contributed by atoms with E-state index in [0.29, 0.717) is 35.3 Å². The van der Waals surface area contributed by atoms with Gasteiger partial charge in [-0.2, -0.15) is 0 Å². The molecule has 7 heteroatoms. The van der Waals surface area contributed by atoms with Gasteiger partial charge in [0, 0.05) is 38.2 Å². The molecule has 1 atom stereocenters. The first-order chi connectivity index (χ1) is 17.1. The summed E-state index contributed by atoms with van der Waals surface area (Å²) in [6.45, 7) is 10.6. The van der Waals surface area contributed by atoms with E-state index in [4.69, 9.17) is 14.2 Å². The number of hydrogen-bond acceptors (Lipinski definition) is 7. The van der Waals surface area contributed by atoms with Crippen LogP contribution in [0.2, 0.25) is 0 Å². The molecule has 0 radical (unpaired) electrons. The Hall–Kier alpha value is -3.16. The van der Waals surface area contributed by atoms with Crippen LogP contribution >= 0.6 is 0 Å². The standard InChI is InChI=1S/C29H37NO6/c1-21(2)19-30(20-22(3)4)18-17-28(35-26(31)15-16-27(32)36-28)29(33,23-9-7-6-8-10-23)24-11-13-25(34-5)14-12-24/h6-16,21-22,33H,17-20H2,1-5H3. The number of esters is 2. The Morgan fingerprint density at radius 2 is 1.36 bits per heavy atom. The molecule has 7 nitrogen and oxygen atoms in total. The molecule has 0 saturated heterocycles. The Labute approximate surface area is 213 Å². The quantitative estimate of drug-likeness (QED) is 0.466. The second kappa shape index (κ2) is 11.7. The molecule has 1 aliphatic heterocycles. The van der Waals surface area contributed by atoms with Crippen LogP contribution in [0.3, 0.4) is 0 Å². The van der Waals surface area contributed by atoms with Crippen molar-refractivity contribution in [2.75, 3.05) is 26.7 Å². The molecule has 1 heterocycles. The van der Waals surface area contributed by atoms with E-state index in [2.05, 4.69) is 32.6 Å². The molecule has 1 N–H and O–H groups in total. The molecule has 0 saturated carbocycles. The van der Waals surface area contributed by atoms with E-state index < -0.39 is 23.3 Å². The number of carbonyl (C=O) groups excluding carboxylic acids is 2. The zero-order chi connectivity index (χ0) is 26.3. The number of carbonyl (C=O) groups is 2. The van der Waals surface area contributed by atoms with Crippen LogP contribution in [0.25, 0.3) is 0 Å². The Bertz CT molecular complexity index is 1020. The van der Waals surface area contributed by atoms with Crippen LogP contribution < -0.4 is 4.74 Å². The lowest BCUT2D eigenvalue weighted by atomic mass is 9.77. The number of nitrogens with zero attached hydrogens (tertiary/aromatic N) is 1. The van der Waals surface area contributed by atoms with Crippen molar-refractivity contribution in [2.24, 2.45) is 11.8 Å². The molecular formula is C29H37NO6. The minimum absolute atomic E-state index is 0.0586. The monoisotopic (exact) mass is 495 g/mol. The van der Waals surface area contributed by atoms with Crippen molar-refractivity contribution in [3.05, 3.63) is 77.9 Å². The first kappa shape index (κ1) is 27.4. The first-order valence-corrected chi connectivity index (χ1v) is 12.4. The van der Waals surface area contributed by atoms with Crippen LogP contribution in [0.5, 0.6) is 5.75 Å². The number of methoxy groups -OCH3 is 1. The van der Waals surface area contributed by atoms with Gasteiger partial charge >= 0.3 is 11.9 Å². The van der Waals surface area contributed by atoms with E-state index in [1.165, 1.54) is 0 Å². The van der Waals surface area contributed by atoms with Crippen LogP contribution in [0, 0.1) is 11.8 Å². The van der Waals surface area contributed by atoms with Gasteiger partial charge in [0.1, 0.15) is 5.75 Å². The number of rotatable bonds is 11. The van der Waals surface area contributed by atoms with Crippen molar-refractivity contribution in [1.29, 1.82) is 0 Å². The van der Waals surface area contributed by atoms with Crippen LogP contribution in [-0.2, 0) is 24.7 Å². The fourth-order valence-corrected chi connectivity index (χ4v) is 4.69. The first-order valence-electron chi connectivity index (χ1n) is 12.4. The third-order valence-electron chi connectivity index (χ3n) is 6.14. The minimum Gasteiger partial charge on any atom is -0.497 e. The van der Waals surface area contributed by atoms with Crippen molar-refractivity contribution in [3.63, 3.8) is 0 Å². The van der Waals surface area contributed by atoms with Gasteiger partial charge < -0.3 is 24.2 Å². The van der Waals surface area contributed by atoms with Crippen LogP contribution in [0.15, 0.2) is 66.7 Å². The summed E-state index contributed by atoms with van der Waals surface area (Å²) in [4.78, 5) is 27.8. The highest BCUT2D eigenvalue weighted by molar-refractivity contribution is 5.93. The highest BCUT2D eigenvalue weighted by Crippen LogP contribution is 2.46. The largest absolute Gasteiger partial charge is 0.497 e. The van der Waals surface area contributed by atoms with E-state index in [9.17, 15) is 14.7 Å². The molecule has 36 heavy (non-hydrogen) atoms. The third kappa shape index (κ3) is 6.15. The van der Waals surface area contributed by atoms with Gasteiger partial charge in [-0.1, -0.05) is 70.2 Å². The SMILES string of the molecule is COc1ccc(C(O)(c2ccccc2)C2(CCN(CC(C)C)CC(C)C)OC(=O)C=CC(=O)O2)cc1. The van der Waals surface area contributed by atoms with Crippen molar-refractivity contribution in [1.82, 2.24) is 4.90 Å². The lowest BCUT2D eigenvalue weighted by Gasteiger charge is -2.45. The van der Waals surface area contributed by atoms with E-state index >= 15 is 0 Å². The Balaban J connectivity index is 2.17. The molecule has 2 aromatic rings. The number of cyclic esters (lactones) is 2. The van der Waals surface area contributed by atoms with Crippen molar-refractivity contribution in [3.8, 4) is 5.75 Å². The second-order valence-corrected chi connectivity index (χ2v) is 10.0. The maximum atomic E-state index is 12.8. The zero-order valence-corrected chi connectivity index (χ0v) is 21.8. The Morgan fingerprint density at radius 1 is 0.861 bits per heavy atom. The van der Waals surface area contributed by atoms with Gasteiger partial charge in [-0.25, -0.2) is 9.59 Å². The van der Waals surface area contributed by atoms with E-state index in [1.807, 2.05) is 6.07 Å². The van der Waals surface area contributed by atoms with Gasteiger partial charge in [0.05, 0.1) is 7.11 Å². The van der Waals surface area contributed by atoms with Gasteiger partial charge in [-0.15, -0.1) is 0 Å². The molecule has 0 aliphatic carbocycles. The molecule has 0 fully saturated rings. The second-order valence-electron chi connectivity index (χ2n) is 10.0.